The minimum atomic E-state index is -0.218. The van der Waals surface area contributed by atoms with Crippen LogP contribution in [0.1, 0.15) is 26.7 Å². The maximum absolute atomic E-state index is 9.23. The van der Waals surface area contributed by atoms with Crippen LogP contribution in [0, 0.1) is 0 Å². The van der Waals surface area contributed by atoms with Crippen LogP contribution in [0.25, 0.3) is 0 Å². The van der Waals surface area contributed by atoms with Crippen molar-refractivity contribution < 1.29 is 9.84 Å². The van der Waals surface area contributed by atoms with Crippen molar-refractivity contribution in [1.29, 1.82) is 0 Å². The van der Waals surface area contributed by atoms with Crippen molar-refractivity contribution in [3.8, 4) is 0 Å². The van der Waals surface area contributed by atoms with Gasteiger partial charge in [0.1, 0.15) is 0 Å². The summed E-state index contributed by atoms with van der Waals surface area (Å²) in [6, 6.07) is 0. The van der Waals surface area contributed by atoms with Gasteiger partial charge in [-0.25, -0.2) is 0 Å². The summed E-state index contributed by atoms with van der Waals surface area (Å²) in [6.07, 6.45) is 1.86. The highest BCUT2D eigenvalue weighted by molar-refractivity contribution is 4.78. The zero-order valence-corrected chi connectivity index (χ0v) is 6.00. The lowest BCUT2D eigenvalue weighted by Crippen LogP contribution is -2.18. The van der Waals surface area contributed by atoms with E-state index in [9.17, 15) is 5.11 Å². The fourth-order valence-corrected chi connectivity index (χ4v) is 1.30. The molecule has 1 saturated heterocycles. The van der Waals surface area contributed by atoms with Crippen LogP contribution in [0.15, 0.2) is 0 Å². The van der Waals surface area contributed by atoms with Crippen molar-refractivity contribution in [2.75, 3.05) is 0 Å². The molecule has 0 aliphatic carbocycles. The number of hydrogen-bond acceptors (Lipinski definition) is 2. The molecule has 1 rings (SSSR count). The lowest BCUT2D eigenvalue weighted by Gasteiger charge is -2.09. The molecule has 3 atom stereocenters. The summed E-state index contributed by atoms with van der Waals surface area (Å²) in [5.41, 5.74) is 0. The molecule has 0 aromatic carbocycles. The quantitative estimate of drug-likeness (QED) is 0.572. The second-order valence-corrected chi connectivity index (χ2v) is 2.70. The highest BCUT2D eigenvalue weighted by atomic mass is 16.5. The van der Waals surface area contributed by atoms with Crippen LogP contribution in [0.5, 0.6) is 0 Å². The van der Waals surface area contributed by atoms with Gasteiger partial charge >= 0.3 is 0 Å². The van der Waals surface area contributed by atoms with Crippen LogP contribution in [-0.4, -0.2) is 23.4 Å². The third kappa shape index (κ3) is 1.43. The Balaban J connectivity index is 2.38. The van der Waals surface area contributed by atoms with Crippen LogP contribution < -0.4 is 0 Å². The first kappa shape index (κ1) is 7.03. The Bertz CT molecular complexity index is 92.9. The molecule has 0 radical (unpaired) electrons. The van der Waals surface area contributed by atoms with Crippen molar-refractivity contribution in [1.82, 2.24) is 0 Å². The van der Waals surface area contributed by atoms with Crippen LogP contribution in [0.2, 0.25) is 0 Å². The van der Waals surface area contributed by atoms with Gasteiger partial charge in [0, 0.05) is 6.42 Å². The van der Waals surface area contributed by atoms with Gasteiger partial charge in [-0.1, -0.05) is 6.92 Å². The third-order valence-corrected chi connectivity index (χ3v) is 1.81. The average molecular weight is 130 g/mol. The van der Waals surface area contributed by atoms with E-state index in [4.69, 9.17) is 4.74 Å². The van der Waals surface area contributed by atoms with E-state index in [1.165, 1.54) is 0 Å². The summed E-state index contributed by atoms with van der Waals surface area (Å²) in [4.78, 5) is 0. The van der Waals surface area contributed by atoms with Crippen molar-refractivity contribution >= 4 is 0 Å². The van der Waals surface area contributed by atoms with Gasteiger partial charge in [-0.2, -0.15) is 0 Å². The molecule has 1 aliphatic rings. The zero-order valence-electron chi connectivity index (χ0n) is 6.00. The van der Waals surface area contributed by atoms with Crippen molar-refractivity contribution in [2.24, 2.45) is 0 Å². The highest BCUT2D eigenvalue weighted by Crippen LogP contribution is 2.21. The van der Waals surface area contributed by atoms with E-state index in [1.54, 1.807) is 0 Å². The van der Waals surface area contributed by atoms with E-state index >= 15 is 0 Å². The summed E-state index contributed by atoms with van der Waals surface area (Å²) in [5.74, 6) is 0. The molecule has 0 aromatic heterocycles. The molecule has 1 heterocycles. The predicted octanol–water partition coefficient (Wildman–Crippen LogP) is 0.935. The second kappa shape index (κ2) is 2.67. The number of hydrogen-bond donors (Lipinski definition) is 1. The SMILES string of the molecule is CC[C@H]1OC(C)C[C@@H]1O. The van der Waals surface area contributed by atoms with Gasteiger partial charge < -0.3 is 9.84 Å². The molecule has 9 heavy (non-hydrogen) atoms. The van der Waals surface area contributed by atoms with E-state index in [0.717, 1.165) is 12.8 Å². The molecule has 1 aliphatic heterocycles. The number of ether oxygens (including phenoxy) is 1. The minimum Gasteiger partial charge on any atom is -0.390 e. The van der Waals surface area contributed by atoms with E-state index in [0.29, 0.717) is 0 Å². The first-order chi connectivity index (χ1) is 4.24. The van der Waals surface area contributed by atoms with Crippen molar-refractivity contribution in [3.05, 3.63) is 0 Å². The summed E-state index contributed by atoms with van der Waals surface area (Å²) in [5, 5.41) is 9.23. The zero-order chi connectivity index (χ0) is 6.85. The fraction of sp³-hybridized carbons (Fsp3) is 1.00. The lowest BCUT2D eigenvalue weighted by molar-refractivity contribution is 0.0144. The number of aliphatic hydroxyl groups is 1. The van der Waals surface area contributed by atoms with Gasteiger partial charge in [-0.05, 0) is 13.3 Å². The van der Waals surface area contributed by atoms with Crippen molar-refractivity contribution in [3.63, 3.8) is 0 Å². The number of rotatable bonds is 1. The lowest BCUT2D eigenvalue weighted by atomic mass is 10.1. The molecule has 0 saturated carbocycles. The Morgan fingerprint density at radius 2 is 2.33 bits per heavy atom. The molecule has 2 heteroatoms. The van der Waals surface area contributed by atoms with Gasteiger partial charge in [0.05, 0.1) is 18.3 Å². The van der Waals surface area contributed by atoms with Gasteiger partial charge in [0.2, 0.25) is 0 Å². The maximum atomic E-state index is 9.23. The van der Waals surface area contributed by atoms with E-state index in [-0.39, 0.29) is 18.3 Å². The molecule has 54 valence electrons. The molecule has 1 N–H and O–H groups in total. The summed E-state index contributed by atoms with van der Waals surface area (Å²) in [6.45, 7) is 4.03. The highest BCUT2D eigenvalue weighted by Gasteiger charge is 2.29. The second-order valence-electron chi connectivity index (χ2n) is 2.70. The monoisotopic (exact) mass is 130 g/mol. The Hall–Kier alpha value is -0.0800. The summed E-state index contributed by atoms with van der Waals surface area (Å²) >= 11 is 0. The fourth-order valence-electron chi connectivity index (χ4n) is 1.30. The molecule has 0 bridgehead atoms. The van der Waals surface area contributed by atoms with Gasteiger partial charge in [-0.3, -0.25) is 0 Å². The summed E-state index contributed by atoms with van der Waals surface area (Å²) in [7, 11) is 0. The normalized spacial score (nSPS) is 43.7. The first-order valence-electron chi connectivity index (χ1n) is 3.57. The maximum Gasteiger partial charge on any atom is 0.0835 e. The van der Waals surface area contributed by atoms with Crippen LogP contribution >= 0.6 is 0 Å². The first-order valence-corrected chi connectivity index (χ1v) is 3.57. The van der Waals surface area contributed by atoms with Gasteiger partial charge in [0.15, 0.2) is 0 Å². The molecule has 2 nitrogen and oxygen atoms in total. The van der Waals surface area contributed by atoms with Crippen LogP contribution in [0.3, 0.4) is 0 Å². The molecule has 0 amide bonds. The standard InChI is InChI=1S/C7H14O2/c1-3-7-6(8)4-5(2)9-7/h5-8H,3-4H2,1-2H3/t5?,6-,7+/m0/s1. The molecule has 1 fully saturated rings. The van der Waals surface area contributed by atoms with Crippen molar-refractivity contribution in [2.45, 2.75) is 45.0 Å². The topological polar surface area (TPSA) is 29.5 Å². The third-order valence-electron chi connectivity index (χ3n) is 1.81. The Morgan fingerprint density at radius 3 is 2.56 bits per heavy atom. The van der Waals surface area contributed by atoms with Gasteiger partial charge in [-0.15, -0.1) is 0 Å². The van der Waals surface area contributed by atoms with E-state index < -0.39 is 0 Å². The molecule has 1 unspecified atom stereocenters. The Kier molecular flexibility index (Phi) is 2.09. The Labute approximate surface area is 55.8 Å². The Morgan fingerprint density at radius 1 is 1.67 bits per heavy atom. The predicted molar refractivity (Wildman–Crippen MR) is 35.2 cm³/mol. The van der Waals surface area contributed by atoms with E-state index in [1.807, 2.05) is 13.8 Å². The molecule has 0 aromatic rings. The smallest absolute Gasteiger partial charge is 0.0835 e. The summed E-state index contributed by atoms with van der Waals surface area (Å²) < 4.78 is 5.37. The average Bonchev–Trinajstić information content (AvgIpc) is 2.10. The number of aliphatic hydroxyl groups excluding tert-OH is 1. The molecule has 0 spiro atoms. The molecular weight excluding hydrogens is 116 g/mol. The van der Waals surface area contributed by atoms with Crippen LogP contribution in [-0.2, 0) is 4.74 Å². The van der Waals surface area contributed by atoms with Crippen LogP contribution in [0.4, 0.5) is 0 Å². The minimum absolute atomic E-state index is 0.0972. The van der Waals surface area contributed by atoms with E-state index in [2.05, 4.69) is 0 Å². The largest absolute Gasteiger partial charge is 0.390 e. The molecular formula is C7H14O2. The van der Waals surface area contributed by atoms with Gasteiger partial charge in [0.25, 0.3) is 0 Å².